The topological polar surface area (TPSA) is 3.24 Å². The van der Waals surface area contributed by atoms with E-state index in [0.717, 1.165) is 15.8 Å². The second kappa shape index (κ2) is 9.88. The van der Waals surface area contributed by atoms with Gasteiger partial charge in [0.25, 0.3) is 0 Å². The van der Waals surface area contributed by atoms with Crippen LogP contribution in [0.4, 0.5) is 17.1 Å². The summed E-state index contributed by atoms with van der Waals surface area (Å²) in [6.45, 7) is 0. The van der Waals surface area contributed by atoms with Gasteiger partial charge in [0.05, 0.1) is 10.4 Å². The zero-order chi connectivity index (χ0) is 27.3. The Labute approximate surface area is 251 Å². The predicted molar refractivity (Wildman–Crippen MR) is 182 cm³/mol. The van der Waals surface area contributed by atoms with Crippen molar-refractivity contribution in [3.05, 3.63) is 150 Å². The normalized spacial score (nSPS) is 11.5. The molecule has 8 rings (SSSR count). The molecule has 0 spiro atoms. The minimum absolute atomic E-state index is 1.07. The molecule has 3 heteroatoms. The SMILES string of the molecule is Brc1cc(N(c2ccc(-c3ccccc3)cc2)c2ccc3ccc4ccccc4c3c2)c2sc3ccccc3c2c1. The number of benzene rings is 7. The van der Waals surface area contributed by atoms with Gasteiger partial charge in [-0.15, -0.1) is 11.3 Å². The molecule has 0 aliphatic carbocycles. The van der Waals surface area contributed by atoms with Gasteiger partial charge < -0.3 is 4.90 Å². The lowest BCUT2D eigenvalue weighted by Gasteiger charge is -2.27. The van der Waals surface area contributed by atoms with Crippen molar-refractivity contribution in [2.45, 2.75) is 0 Å². The van der Waals surface area contributed by atoms with Gasteiger partial charge >= 0.3 is 0 Å². The first-order valence-corrected chi connectivity index (χ1v) is 15.3. The largest absolute Gasteiger partial charge is 0.309 e. The molecule has 1 heterocycles. The highest BCUT2D eigenvalue weighted by atomic mass is 79.9. The van der Waals surface area contributed by atoms with E-state index in [1.807, 2.05) is 11.3 Å². The Morgan fingerprint density at radius 1 is 0.463 bits per heavy atom. The average Bonchev–Trinajstić information content (AvgIpc) is 3.40. The Morgan fingerprint density at radius 3 is 1.93 bits per heavy atom. The number of anilines is 3. The lowest BCUT2D eigenvalue weighted by molar-refractivity contribution is 1.30. The molecule has 0 saturated heterocycles. The second-order valence-corrected chi connectivity index (χ2v) is 12.3. The van der Waals surface area contributed by atoms with E-state index in [-0.39, 0.29) is 0 Å². The summed E-state index contributed by atoms with van der Waals surface area (Å²) in [6, 6.07) is 52.7. The van der Waals surface area contributed by atoms with E-state index in [0.29, 0.717) is 0 Å². The van der Waals surface area contributed by atoms with Gasteiger partial charge in [0, 0.05) is 31.3 Å². The molecule has 0 unspecified atom stereocenters. The molecule has 0 fully saturated rings. The van der Waals surface area contributed by atoms with Gasteiger partial charge in [0.15, 0.2) is 0 Å². The number of rotatable bonds is 4. The van der Waals surface area contributed by atoms with Crippen LogP contribution in [0.2, 0.25) is 0 Å². The molecular formula is C38H24BrNS. The van der Waals surface area contributed by atoms with Crippen LogP contribution >= 0.6 is 27.3 Å². The van der Waals surface area contributed by atoms with Crippen molar-refractivity contribution in [2.75, 3.05) is 4.90 Å². The Kier molecular flexibility index (Phi) is 5.87. The zero-order valence-corrected chi connectivity index (χ0v) is 24.5. The zero-order valence-electron chi connectivity index (χ0n) is 22.1. The number of halogens is 1. The van der Waals surface area contributed by atoms with Crippen molar-refractivity contribution in [1.82, 2.24) is 0 Å². The number of nitrogens with zero attached hydrogens (tertiary/aromatic N) is 1. The standard InChI is InChI=1S/C38H24BrNS/c39-29-22-35-33-12-6-7-13-37(33)41-38(35)36(23-29)40(30-19-16-26(17-20-30)25-8-2-1-3-9-25)31-21-18-28-15-14-27-10-4-5-11-32(27)34(28)24-31/h1-24H. The molecule has 0 saturated carbocycles. The van der Waals surface area contributed by atoms with E-state index in [9.17, 15) is 0 Å². The minimum atomic E-state index is 1.07. The number of hydrogen-bond donors (Lipinski definition) is 0. The summed E-state index contributed by atoms with van der Waals surface area (Å²) in [4.78, 5) is 2.42. The molecule has 1 nitrogen and oxygen atoms in total. The van der Waals surface area contributed by atoms with Crippen LogP contribution in [0.15, 0.2) is 150 Å². The van der Waals surface area contributed by atoms with Crippen molar-refractivity contribution >= 4 is 86.0 Å². The predicted octanol–water partition coefficient (Wildman–Crippen LogP) is 12.3. The molecular weight excluding hydrogens is 582 g/mol. The van der Waals surface area contributed by atoms with Gasteiger partial charge in [-0.1, -0.05) is 119 Å². The molecule has 7 aromatic carbocycles. The lowest BCUT2D eigenvalue weighted by atomic mass is 10.0. The monoisotopic (exact) mass is 605 g/mol. The van der Waals surface area contributed by atoms with E-state index in [4.69, 9.17) is 0 Å². The van der Waals surface area contributed by atoms with Gasteiger partial charge in [-0.05, 0) is 75.1 Å². The highest BCUT2D eigenvalue weighted by Crippen LogP contribution is 2.47. The van der Waals surface area contributed by atoms with Crippen LogP contribution in [0.25, 0.3) is 52.8 Å². The van der Waals surface area contributed by atoms with Crippen molar-refractivity contribution in [3.8, 4) is 11.1 Å². The summed E-state index contributed by atoms with van der Waals surface area (Å²) < 4.78 is 3.64. The number of thiophene rings is 1. The van der Waals surface area contributed by atoms with Crippen LogP contribution in [0.3, 0.4) is 0 Å². The fraction of sp³-hybridized carbons (Fsp3) is 0. The van der Waals surface area contributed by atoms with E-state index >= 15 is 0 Å². The quantitative estimate of drug-likeness (QED) is 0.180. The first-order chi connectivity index (χ1) is 20.2. The van der Waals surface area contributed by atoms with Crippen LogP contribution in [-0.2, 0) is 0 Å². The maximum absolute atomic E-state index is 3.86. The number of fused-ring (bicyclic) bond motifs is 6. The third-order valence-corrected chi connectivity index (χ3v) is 9.55. The van der Waals surface area contributed by atoms with Crippen molar-refractivity contribution in [3.63, 3.8) is 0 Å². The molecule has 0 aliphatic rings. The van der Waals surface area contributed by atoms with Gasteiger partial charge in [-0.25, -0.2) is 0 Å². The molecule has 1 aromatic heterocycles. The Hall–Kier alpha value is -4.44. The lowest BCUT2D eigenvalue weighted by Crippen LogP contribution is -2.10. The Bertz CT molecular complexity index is 2210. The van der Waals surface area contributed by atoms with Gasteiger partial charge in [-0.3, -0.25) is 0 Å². The third kappa shape index (κ3) is 4.21. The Balaban J connectivity index is 1.39. The smallest absolute Gasteiger partial charge is 0.0651 e. The molecule has 0 aliphatic heterocycles. The summed E-state index contributed by atoms with van der Waals surface area (Å²) in [5.74, 6) is 0. The molecule has 8 aromatic rings. The van der Waals surface area contributed by atoms with E-state index in [1.54, 1.807) is 0 Å². The maximum Gasteiger partial charge on any atom is 0.0651 e. The maximum atomic E-state index is 3.86. The van der Waals surface area contributed by atoms with Crippen LogP contribution in [0.5, 0.6) is 0 Å². The summed E-state index contributed by atoms with van der Waals surface area (Å²) in [5, 5.41) is 7.59. The van der Waals surface area contributed by atoms with E-state index in [2.05, 4.69) is 166 Å². The minimum Gasteiger partial charge on any atom is -0.309 e. The fourth-order valence-electron chi connectivity index (χ4n) is 5.93. The van der Waals surface area contributed by atoms with Crippen molar-refractivity contribution in [1.29, 1.82) is 0 Å². The molecule has 0 amide bonds. The fourth-order valence-corrected chi connectivity index (χ4v) is 7.56. The van der Waals surface area contributed by atoms with Crippen LogP contribution in [0.1, 0.15) is 0 Å². The van der Waals surface area contributed by atoms with Crippen LogP contribution in [-0.4, -0.2) is 0 Å². The first kappa shape index (κ1) is 24.4. The summed E-state index contributed by atoms with van der Waals surface area (Å²) >= 11 is 5.72. The van der Waals surface area contributed by atoms with E-state index < -0.39 is 0 Å². The molecule has 0 radical (unpaired) electrons. The Morgan fingerprint density at radius 2 is 1.10 bits per heavy atom. The highest BCUT2D eigenvalue weighted by molar-refractivity contribution is 9.10. The summed E-state index contributed by atoms with van der Waals surface area (Å²) in [5.41, 5.74) is 5.86. The summed E-state index contributed by atoms with van der Waals surface area (Å²) in [7, 11) is 0. The van der Waals surface area contributed by atoms with Crippen LogP contribution < -0.4 is 4.90 Å². The molecule has 194 valence electrons. The molecule has 0 bridgehead atoms. The van der Waals surface area contributed by atoms with Crippen LogP contribution in [0, 0.1) is 0 Å². The summed E-state index contributed by atoms with van der Waals surface area (Å²) in [6.07, 6.45) is 0. The van der Waals surface area contributed by atoms with Gasteiger partial charge in [-0.2, -0.15) is 0 Å². The highest BCUT2D eigenvalue weighted by Gasteiger charge is 2.20. The van der Waals surface area contributed by atoms with E-state index in [1.165, 1.54) is 58.5 Å². The first-order valence-electron chi connectivity index (χ1n) is 13.7. The third-order valence-electron chi connectivity index (χ3n) is 7.89. The average molecular weight is 607 g/mol. The molecule has 41 heavy (non-hydrogen) atoms. The molecule has 0 N–H and O–H groups in total. The van der Waals surface area contributed by atoms with Gasteiger partial charge in [0.1, 0.15) is 0 Å². The van der Waals surface area contributed by atoms with Crippen molar-refractivity contribution < 1.29 is 0 Å². The second-order valence-electron chi connectivity index (χ2n) is 10.3. The van der Waals surface area contributed by atoms with Gasteiger partial charge in [0.2, 0.25) is 0 Å². The van der Waals surface area contributed by atoms with Crippen molar-refractivity contribution in [2.24, 2.45) is 0 Å². The molecule has 0 atom stereocenters. The number of hydrogen-bond acceptors (Lipinski definition) is 2.